The quantitative estimate of drug-likeness (QED) is 0.863. The Balaban J connectivity index is 3.10. The van der Waals surface area contributed by atoms with Crippen molar-refractivity contribution in [2.75, 3.05) is 0 Å². The van der Waals surface area contributed by atoms with Crippen LogP contribution < -0.4 is 0 Å². The minimum absolute atomic E-state index is 0.138. The first-order chi connectivity index (χ1) is 6.02. The van der Waals surface area contributed by atoms with Gasteiger partial charge in [-0.25, -0.2) is 0 Å². The summed E-state index contributed by atoms with van der Waals surface area (Å²) in [5, 5.41) is 18.0. The van der Waals surface area contributed by atoms with Gasteiger partial charge in [0, 0.05) is 10.0 Å². The fraction of sp³-hybridized carbons (Fsp3) is 0.125. The third-order valence-corrected chi connectivity index (χ3v) is 2.77. The van der Waals surface area contributed by atoms with Gasteiger partial charge in [-0.15, -0.1) is 0 Å². The summed E-state index contributed by atoms with van der Waals surface area (Å²) < 4.78 is 0.542. The number of aliphatic carboxylic acids is 1. The monoisotopic (exact) mass is 264 g/mol. The zero-order valence-corrected chi connectivity index (χ0v) is 8.76. The second kappa shape index (κ2) is 3.98. The molecule has 0 saturated carbocycles. The third kappa shape index (κ3) is 2.35. The first-order valence-corrected chi connectivity index (χ1v) is 4.57. The average Bonchev–Trinajstić information content (AvgIpc) is 2.06. The first-order valence-electron chi connectivity index (χ1n) is 3.40. The standard InChI is InChI=1S/C8H6BrClO3/c9-5-2-1-4(3-6(11)12)8(13)7(5)10/h1-2,13H,3H2,(H,11,12). The van der Waals surface area contributed by atoms with Gasteiger partial charge in [0.05, 0.1) is 11.4 Å². The van der Waals surface area contributed by atoms with Crippen molar-refractivity contribution >= 4 is 33.5 Å². The molecule has 70 valence electrons. The number of phenolic OH excluding ortho intramolecular Hbond substituents is 1. The summed E-state index contributed by atoms with van der Waals surface area (Å²) in [6.45, 7) is 0. The maximum Gasteiger partial charge on any atom is 0.307 e. The van der Waals surface area contributed by atoms with Crippen LogP contribution in [-0.4, -0.2) is 16.2 Å². The van der Waals surface area contributed by atoms with Crippen molar-refractivity contribution in [3.05, 3.63) is 27.2 Å². The first kappa shape index (κ1) is 10.3. The van der Waals surface area contributed by atoms with E-state index in [-0.39, 0.29) is 17.2 Å². The lowest BCUT2D eigenvalue weighted by atomic mass is 10.1. The number of benzene rings is 1. The number of hydrogen-bond donors (Lipinski definition) is 2. The maximum atomic E-state index is 10.4. The Hall–Kier alpha value is -0.740. The number of carboxylic acid groups (broad SMARTS) is 1. The Morgan fingerprint density at radius 3 is 2.69 bits per heavy atom. The molecule has 0 aliphatic heterocycles. The number of carbonyl (C=O) groups is 1. The van der Waals surface area contributed by atoms with E-state index in [4.69, 9.17) is 16.7 Å². The Labute approximate surface area is 88.1 Å². The van der Waals surface area contributed by atoms with Crippen LogP contribution in [0.4, 0.5) is 0 Å². The second-order valence-electron chi connectivity index (χ2n) is 2.44. The van der Waals surface area contributed by atoms with Crippen molar-refractivity contribution in [2.24, 2.45) is 0 Å². The largest absolute Gasteiger partial charge is 0.506 e. The Kier molecular flexibility index (Phi) is 3.17. The number of aromatic hydroxyl groups is 1. The van der Waals surface area contributed by atoms with E-state index in [1.54, 1.807) is 6.07 Å². The predicted molar refractivity (Wildman–Crippen MR) is 52.2 cm³/mol. The lowest BCUT2D eigenvalue weighted by Gasteiger charge is -2.04. The molecule has 0 radical (unpaired) electrons. The molecule has 0 aromatic heterocycles. The zero-order valence-electron chi connectivity index (χ0n) is 6.42. The van der Waals surface area contributed by atoms with Crippen molar-refractivity contribution in [2.45, 2.75) is 6.42 Å². The van der Waals surface area contributed by atoms with Crippen molar-refractivity contribution in [3.8, 4) is 5.75 Å². The van der Waals surface area contributed by atoms with E-state index in [0.717, 1.165) is 0 Å². The van der Waals surface area contributed by atoms with Crippen molar-refractivity contribution in [1.82, 2.24) is 0 Å². The molecule has 1 aromatic rings. The highest BCUT2D eigenvalue weighted by atomic mass is 79.9. The number of phenols is 1. The molecule has 2 N–H and O–H groups in total. The molecule has 1 rings (SSSR count). The van der Waals surface area contributed by atoms with Crippen LogP contribution >= 0.6 is 27.5 Å². The van der Waals surface area contributed by atoms with Crippen molar-refractivity contribution in [3.63, 3.8) is 0 Å². The van der Waals surface area contributed by atoms with E-state index in [1.807, 2.05) is 0 Å². The molecule has 0 bridgehead atoms. The molecule has 0 amide bonds. The van der Waals surface area contributed by atoms with E-state index < -0.39 is 5.97 Å². The summed E-state index contributed by atoms with van der Waals surface area (Å²) in [4.78, 5) is 10.4. The summed E-state index contributed by atoms with van der Waals surface area (Å²) in [5.74, 6) is -1.19. The summed E-state index contributed by atoms with van der Waals surface area (Å²) in [6, 6.07) is 3.11. The van der Waals surface area contributed by atoms with Gasteiger partial charge in [0.15, 0.2) is 0 Å². The van der Waals surface area contributed by atoms with Gasteiger partial charge in [-0.05, 0) is 22.0 Å². The molecule has 0 spiro atoms. The van der Waals surface area contributed by atoms with Crippen LogP contribution in [0.1, 0.15) is 5.56 Å². The van der Waals surface area contributed by atoms with Crippen molar-refractivity contribution in [1.29, 1.82) is 0 Å². The van der Waals surface area contributed by atoms with E-state index in [9.17, 15) is 9.90 Å². The van der Waals surface area contributed by atoms with Gasteiger partial charge in [0.25, 0.3) is 0 Å². The number of rotatable bonds is 2. The molecule has 0 heterocycles. The van der Waals surface area contributed by atoms with Crippen LogP contribution in [0, 0.1) is 0 Å². The van der Waals surface area contributed by atoms with E-state index >= 15 is 0 Å². The Morgan fingerprint density at radius 2 is 2.15 bits per heavy atom. The van der Waals surface area contributed by atoms with Crippen molar-refractivity contribution < 1.29 is 15.0 Å². The molecular formula is C8H6BrClO3. The average molecular weight is 265 g/mol. The lowest BCUT2D eigenvalue weighted by molar-refractivity contribution is -0.136. The third-order valence-electron chi connectivity index (χ3n) is 1.49. The van der Waals surface area contributed by atoms with Gasteiger partial charge in [0.1, 0.15) is 5.75 Å². The molecule has 13 heavy (non-hydrogen) atoms. The van der Waals surface area contributed by atoms with Gasteiger partial charge >= 0.3 is 5.97 Å². The molecule has 0 aliphatic carbocycles. The normalized spacial score (nSPS) is 10.0. The molecule has 1 aromatic carbocycles. The van der Waals surface area contributed by atoms with Crippen LogP contribution in [0.3, 0.4) is 0 Å². The van der Waals surface area contributed by atoms with Gasteiger partial charge in [-0.2, -0.15) is 0 Å². The van der Waals surface area contributed by atoms with Crippen LogP contribution in [0.2, 0.25) is 5.02 Å². The highest BCUT2D eigenvalue weighted by Crippen LogP contribution is 2.34. The Bertz CT molecular complexity index is 351. The maximum absolute atomic E-state index is 10.4. The van der Waals surface area contributed by atoms with Crippen LogP contribution in [0.25, 0.3) is 0 Å². The highest BCUT2D eigenvalue weighted by molar-refractivity contribution is 9.10. The van der Waals surface area contributed by atoms with E-state index in [2.05, 4.69) is 15.9 Å². The molecule has 0 unspecified atom stereocenters. The topological polar surface area (TPSA) is 57.5 Å². The number of halogens is 2. The molecule has 0 atom stereocenters. The van der Waals surface area contributed by atoms with Crippen LogP contribution in [0.5, 0.6) is 5.75 Å². The second-order valence-corrected chi connectivity index (χ2v) is 3.67. The smallest absolute Gasteiger partial charge is 0.307 e. The fourth-order valence-corrected chi connectivity index (χ4v) is 1.39. The highest BCUT2D eigenvalue weighted by Gasteiger charge is 2.11. The molecule has 3 nitrogen and oxygen atoms in total. The van der Waals surface area contributed by atoms with Crippen LogP contribution in [-0.2, 0) is 11.2 Å². The molecule has 0 saturated heterocycles. The van der Waals surface area contributed by atoms with E-state index in [0.29, 0.717) is 10.0 Å². The van der Waals surface area contributed by atoms with Gasteiger partial charge in [-0.3, -0.25) is 4.79 Å². The minimum Gasteiger partial charge on any atom is -0.506 e. The summed E-state index contributed by atoms with van der Waals surface area (Å²) >= 11 is 8.78. The SMILES string of the molecule is O=C(O)Cc1ccc(Br)c(Cl)c1O. The lowest BCUT2D eigenvalue weighted by Crippen LogP contribution is -2.00. The van der Waals surface area contributed by atoms with Gasteiger partial charge < -0.3 is 10.2 Å². The summed E-state index contributed by atoms with van der Waals surface area (Å²) in [5.41, 5.74) is 0.306. The summed E-state index contributed by atoms with van der Waals surface area (Å²) in [7, 11) is 0. The van der Waals surface area contributed by atoms with Crippen LogP contribution in [0.15, 0.2) is 16.6 Å². The fourth-order valence-electron chi connectivity index (χ4n) is 0.885. The van der Waals surface area contributed by atoms with E-state index in [1.165, 1.54) is 6.07 Å². The zero-order chi connectivity index (χ0) is 10.0. The predicted octanol–water partition coefficient (Wildman–Crippen LogP) is 2.44. The van der Waals surface area contributed by atoms with Gasteiger partial charge in [0.2, 0.25) is 0 Å². The minimum atomic E-state index is -1.01. The number of carboxylic acids is 1. The molecule has 0 aliphatic rings. The Morgan fingerprint density at radius 1 is 1.54 bits per heavy atom. The molecule has 0 fully saturated rings. The molecular weight excluding hydrogens is 259 g/mol. The number of hydrogen-bond acceptors (Lipinski definition) is 2. The van der Waals surface area contributed by atoms with Gasteiger partial charge in [-0.1, -0.05) is 17.7 Å². The summed E-state index contributed by atoms with van der Waals surface area (Å²) in [6.07, 6.45) is -0.237. The molecule has 5 heteroatoms.